The first-order chi connectivity index (χ1) is 17.5. The van der Waals surface area contributed by atoms with Gasteiger partial charge in [0.1, 0.15) is 12.1 Å². The lowest BCUT2D eigenvalue weighted by atomic mass is 9.85. The minimum Gasteiger partial charge on any atom is -0.363 e. The van der Waals surface area contributed by atoms with E-state index in [9.17, 15) is 28.8 Å². The predicted molar refractivity (Wildman–Crippen MR) is 140 cm³/mol. The Kier molecular flexibility index (Phi) is 10.1. The summed E-state index contributed by atoms with van der Waals surface area (Å²) in [5.74, 6) is -3.07. The maximum Gasteiger partial charge on any atom is 0.317 e. The number of primary amides is 1. The summed E-state index contributed by atoms with van der Waals surface area (Å²) in [4.78, 5) is 77.3. The van der Waals surface area contributed by atoms with Crippen molar-refractivity contribution in [1.82, 2.24) is 31.1 Å². The molecular weight excluding hydrogens is 494 g/mol. The third-order valence-corrected chi connectivity index (χ3v) is 6.85. The normalized spacial score (nSPS) is 19.7. The lowest BCUT2D eigenvalue weighted by Crippen LogP contribution is -2.62. The number of Topliss-reactive ketones (excluding diaryl/α,β-unsaturated/α-hetero) is 1. The molecule has 2 aliphatic rings. The van der Waals surface area contributed by atoms with E-state index in [0.29, 0.717) is 39.0 Å². The van der Waals surface area contributed by atoms with Crippen molar-refractivity contribution in [2.24, 2.45) is 16.6 Å². The van der Waals surface area contributed by atoms with E-state index >= 15 is 0 Å². The molecule has 0 unspecified atom stereocenters. The number of likely N-dealkylation sites (tertiary alicyclic amines) is 1. The minimum atomic E-state index is -1.15. The molecule has 0 bridgehead atoms. The zero-order valence-electron chi connectivity index (χ0n) is 23.3. The monoisotopic (exact) mass is 537 g/mol. The maximum absolute atomic E-state index is 13.6. The van der Waals surface area contributed by atoms with Gasteiger partial charge in [0, 0.05) is 26.2 Å². The average molecular weight is 538 g/mol. The average Bonchev–Trinajstić information content (AvgIpc) is 3.30. The lowest BCUT2D eigenvalue weighted by molar-refractivity contribution is -0.142. The smallest absolute Gasteiger partial charge is 0.317 e. The first-order valence-corrected chi connectivity index (χ1v) is 13.0. The number of nitrogens with zero attached hydrogens (tertiary/aromatic N) is 2. The van der Waals surface area contributed by atoms with Gasteiger partial charge >= 0.3 is 12.1 Å². The van der Waals surface area contributed by atoms with E-state index in [-0.39, 0.29) is 11.4 Å². The molecule has 13 heteroatoms. The van der Waals surface area contributed by atoms with Gasteiger partial charge in [0.15, 0.2) is 0 Å². The number of amides is 7. The highest BCUT2D eigenvalue weighted by atomic mass is 16.2. The van der Waals surface area contributed by atoms with E-state index in [0.717, 1.165) is 6.42 Å². The molecule has 2 fully saturated rings. The molecule has 3 atom stereocenters. The fourth-order valence-corrected chi connectivity index (χ4v) is 4.43. The molecule has 0 aromatic rings. The molecule has 7 amide bonds. The van der Waals surface area contributed by atoms with Gasteiger partial charge in [-0.25, -0.2) is 9.59 Å². The van der Waals surface area contributed by atoms with Gasteiger partial charge in [0.25, 0.3) is 5.91 Å². The van der Waals surface area contributed by atoms with E-state index in [2.05, 4.69) is 21.3 Å². The van der Waals surface area contributed by atoms with Gasteiger partial charge in [0.05, 0.1) is 12.6 Å². The minimum absolute atomic E-state index is 0.175. The second-order valence-corrected chi connectivity index (χ2v) is 12.1. The fraction of sp³-hybridized carbons (Fsp3) is 0.760. The second kappa shape index (κ2) is 12.4. The Bertz CT molecular complexity index is 939. The summed E-state index contributed by atoms with van der Waals surface area (Å²) < 4.78 is 0. The van der Waals surface area contributed by atoms with Gasteiger partial charge in [-0.2, -0.15) is 0 Å². The van der Waals surface area contributed by atoms with Gasteiger partial charge in [0.2, 0.25) is 17.6 Å². The van der Waals surface area contributed by atoms with Crippen LogP contribution in [-0.2, 0) is 19.2 Å². The molecule has 2 saturated heterocycles. The molecule has 0 aromatic heterocycles. The van der Waals surface area contributed by atoms with Crippen LogP contribution in [0.25, 0.3) is 0 Å². The molecule has 38 heavy (non-hydrogen) atoms. The summed E-state index contributed by atoms with van der Waals surface area (Å²) in [5.41, 5.74) is 3.86. The van der Waals surface area contributed by atoms with Crippen LogP contribution in [0.4, 0.5) is 9.59 Å². The molecule has 13 nitrogen and oxygen atoms in total. The van der Waals surface area contributed by atoms with Gasteiger partial charge in [-0.05, 0) is 30.1 Å². The molecule has 214 valence electrons. The van der Waals surface area contributed by atoms with Crippen molar-refractivity contribution < 1.29 is 28.8 Å². The van der Waals surface area contributed by atoms with Gasteiger partial charge in [-0.15, -0.1) is 0 Å². The molecule has 0 spiro atoms. The third kappa shape index (κ3) is 8.32. The van der Waals surface area contributed by atoms with Crippen LogP contribution >= 0.6 is 0 Å². The number of rotatable bonds is 9. The Labute approximate surface area is 224 Å². The van der Waals surface area contributed by atoms with E-state index in [1.807, 2.05) is 41.5 Å². The van der Waals surface area contributed by atoms with Crippen molar-refractivity contribution in [1.29, 1.82) is 0 Å². The summed E-state index contributed by atoms with van der Waals surface area (Å²) in [7, 11) is 0. The summed E-state index contributed by atoms with van der Waals surface area (Å²) in [6.45, 7) is 12.6. The van der Waals surface area contributed by atoms with Crippen LogP contribution in [0.1, 0.15) is 60.8 Å². The zero-order chi connectivity index (χ0) is 28.8. The first kappa shape index (κ1) is 30.8. The van der Waals surface area contributed by atoms with Crippen molar-refractivity contribution >= 4 is 35.6 Å². The predicted octanol–water partition coefficient (Wildman–Crippen LogP) is -0.308. The molecule has 6 N–H and O–H groups in total. The molecule has 0 aromatic carbocycles. The van der Waals surface area contributed by atoms with E-state index in [1.165, 1.54) is 4.90 Å². The van der Waals surface area contributed by atoms with Gasteiger partial charge in [-0.3, -0.25) is 19.2 Å². The van der Waals surface area contributed by atoms with E-state index < -0.39 is 59.6 Å². The first-order valence-electron chi connectivity index (χ1n) is 13.0. The summed E-state index contributed by atoms with van der Waals surface area (Å²) in [5, 5.41) is 10.9. The number of urea groups is 2. The van der Waals surface area contributed by atoms with Crippen LogP contribution < -0.4 is 27.0 Å². The van der Waals surface area contributed by atoms with Crippen molar-refractivity contribution in [3.63, 3.8) is 0 Å². The summed E-state index contributed by atoms with van der Waals surface area (Å²) in [6.07, 6.45) is 1.77. The lowest BCUT2D eigenvalue weighted by Gasteiger charge is -2.39. The van der Waals surface area contributed by atoms with Crippen molar-refractivity contribution in [2.75, 3.05) is 32.7 Å². The Balaban J connectivity index is 2.12. The highest BCUT2D eigenvalue weighted by Crippen LogP contribution is 2.26. The van der Waals surface area contributed by atoms with Crippen LogP contribution in [0.3, 0.4) is 0 Å². The third-order valence-electron chi connectivity index (χ3n) is 6.85. The van der Waals surface area contributed by atoms with Crippen LogP contribution in [-0.4, -0.2) is 96.2 Å². The topological polar surface area (TPSA) is 183 Å². The van der Waals surface area contributed by atoms with Crippen molar-refractivity contribution in [2.45, 2.75) is 78.9 Å². The van der Waals surface area contributed by atoms with Crippen molar-refractivity contribution in [3.05, 3.63) is 0 Å². The highest BCUT2D eigenvalue weighted by molar-refractivity contribution is 6.36. The fourth-order valence-electron chi connectivity index (χ4n) is 4.43. The molecule has 2 rings (SSSR count). The number of nitrogens with two attached hydrogens (primary N) is 1. The second-order valence-electron chi connectivity index (χ2n) is 12.1. The summed E-state index contributed by atoms with van der Waals surface area (Å²) in [6, 6.07) is -2.91. The number of hydrogen-bond donors (Lipinski definition) is 5. The Morgan fingerprint density at radius 2 is 1.66 bits per heavy atom. The number of carbonyl (C=O) groups is 6. The van der Waals surface area contributed by atoms with Gasteiger partial charge < -0.3 is 36.8 Å². The molecular formula is C25H43N7O6. The molecule has 0 aliphatic carbocycles. The van der Waals surface area contributed by atoms with Gasteiger partial charge in [-0.1, -0.05) is 41.5 Å². The zero-order valence-corrected chi connectivity index (χ0v) is 23.3. The van der Waals surface area contributed by atoms with E-state index in [4.69, 9.17) is 5.73 Å². The SMILES string of the molecule is CC(C)(C)[C@H](NC(=O)N[C@H](CN1CCCNC1=O)C(C)(C)C)C(=O)N1CCC[C@H]1C(=O)NCC(=O)C(N)=O. The Morgan fingerprint density at radius 3 is 2.21 bits per heavy atom. The Morgan fingerprint density at radius 1 is 1.00 bits per heavy atom. The standard InChI is InChI=1S/C25H43N7O6/c1-24(2,3)17(14-31-11-8-10-27-23(31)38)29-22(37)30-18(25(4,5)6)21(36)32-12-7-9-15(32)20(35)28-13-16(33)19(26)34/h15,17-18H,7-14H2,1-6H3,(H2,26,34)(H,27,38)(H,28,35)(H2,29,30,37)/t15-,17+,18+/m0/s1. The maximum atomic E-state index is 13.6. The van der Waals surface area contributed by atoms with Crippen LogP contribution in [0, 0.1) is 10.8 Å². The molecule has 0 saturated carbocycles. The Hall–Kier alpha value is -3.38. The van der Waals surface area contributed by atoms with Crippen LogP contribution in [0.5, 0.6) is 0 Å². The number of carbonyl (C=O) groups excluding carboxylic acids is 6. The number of nitrogens with one attached hydrogen (secondary N) is 4. The largest absolute Gasteiger partial charge is 0.363 e. The molecule has 0 radical (unpaired) electrons. The number of hydrogen-bond acceptors (Lipinski definition) is 6. The molecule has 2 aliphatic heterocycles. The number of ketones is 1. The van der Waals surface area contributed by atoms with E-state index in [1.54, 1.807) is 4.90 Å². The quantitative estimate of drug-likeness (QED) is 0.251. The summed E-state index contributed by atoms with van der Waals surface area (Å²) >= 11 is 0. The molecule has 2 heterocycles. The highest BCUT2D eigenvalue weighted by Gasteiger charge is 2.42. The van der Waals surface area contributed by atoms with Crippen LogP contribution in [0.15, 0.2) is 0 Å². The van der Waals surface area contributed by atoms with Crippen LogP contribution in [0.2, 0.25) is 0 Å². The van der Waals surface area contributed by atoms with Crippen molar-refractivity contribution in [3.8, 4) is 0 Å².